The molecule has 0 aliphatic heterocycles. The molecule has 0 saturated carbocycles. The third-order valence-corrected chi connectivity index (χ3v) is 2.43. The first-order valence-electron chi connectivity index (χ1n) is 6.06. The molecule has 0 saturated heterocycles. The van der Waals surface area contributed by atoms with E-state index >= 15 is 0 Å². The van der Waals surface area contributed by atoms with Crippen molar-refractivity contribution in [3.8, 4) is 0 Å². The standard InChI is InChI=1S/C15H22O2/c1-11-7-6-8-13(9-11)10-12(2)14(16)17-15(3,4)5/h6-9,12H,10H2,1-5H3/t12-/m0/s1. The molecular formula is C15H22O2. The van der Waals surface area contributed by atoms with E-state index in [9.17, 15) is 4.79 Å². The lowest BCUT2D eigenvalue weighted by Crippen LogP contribution is -2.28. The minimum absolute atomic E-state index is 0.101. The summed E-state index contributed by atoms with van der Waals surface area (Å²) in [6, 6.07) is 8.24. The summed E-state index contributed by atoms with van der Waals surface area (Å²) in [7, 11) is 0. The second-order valence-electron chi connectivity index (χ2n) is 5.63. The van der Waals surface area contributed by atoms with Gasteiger partial charge in [0.2, 0.25) is 0 Å². The Bertz CT molecular complexity index is 388. The van der Waals surface area contributed by atoms with Crippen LogP contribution in [0, 0.1) is 12.8 Å². The number of carbonyl (C=O) groups is 1. The fourth-order valence-electron chi connectivity index (χ4n) is 1.68. The second kappa shape index (κ2) is 5.35. The third-order valence-electron chi connectivity index (χ3n) is 2.43. The average molecular weight is 234 g/mol. The summed E-state index contributed by atoms with van der Waals surface area (Å²) < 4.78 is 5.36. The van der Waals surface area contributed by atoms with Crippen LogP contribution in [-0.2, 0) is 16.0 Å². The molecule has 0 fully saturated rings. The van der Waals surface area contributed by atoms with Crippen molar-refractivity contribution in [3.63, 3.8) is 0 Å². The van der Waals surface area contributed by atoms with Gasteiger partial charge in [-0.05, 0) is 39.7 Å². The average Bonchev–Trinajstić information content (AvgIpc) is 2.14. The van der Waals surface area contributed by atoms with Crippen molar-refractivity contribution in [1.29, 1.82) is 0 Å². The maximum absolute atomic E-state index is 11.8. The van der Waals surface area contributed by atoms with Crippen molar-refractivity contribution in [2.75, 3.05) is 0 Å². The van der Waals surface area contributed by atoms with E-state index in [4.69, 9.17) is 4.74 Å². The quantitative estimate of drug-likeness (QED) is 0.748. The van der Waals surface area contributed by atoms with Crippen molar-refractivity contribution in [2.45, 2.75) is 46.6 Å². The second-order valence-corrected chi connectivity index (χ2v) is 5.63. The Hall–Kier alpha value is -1.31. The van der Waals surface area contributed by atoms with Gasteiger partial charge in [-0.3, -0.25) is 4.79 Å². The van der Waals surface area contributed by atoms with E-state index in [1.807, 2.05) is 39.8 Å². The Labute approximate surface area is 104 Å². The van der Waals surface area contributed by atoms with Gasteiger partial charge in [0, 0.05) is 0 Å². The Kier molecular flexibility index (Phi) is 4.33. The molecule has 1 aromatic rings. The van der Waals surface area contributed by atoms with Gasteiger partial charge < -0.3 is 4.74 Å². The predicted octanol–water partition coefficient (Wildman–Crippen LogP) is 3.52. The van der Waals surface area contributed by atoms with Gasteiger partial charge in [0.15, 0.2) is 0 Å². The van der Waals surface area contributed by atoms with Gasteiger partial charge in [0.05, 0.1) is 5.92 Å². The van der Waals surface area contributed by atoms with Crippen LogP contribution < -0.4 is 0 Å². The topological polar surface area (TPSA) is 26.3 Å². The number of carbonyl (C=O) groups excluding carboxylic acids is 1. The number of aryl methyl sites for hydroxylation is 1. The minimum atomic E-state index is -0.405. The highest BCUT2D eigenvalue weighted by atomic mass is 16.6. The summed E-state index contributed by atoms with van der Waals surface area (Å²) in [6.45, 7) is 9.65. The zero-order chi connectivity index (χ0) is 13.1. The summed E-state index contributed by atoms with van der Waals surface area (Å²) >= 11 is 0. The number of esters is 1. The summed E-state index contributed by atoms with van der Waals surface area (Å²) in [5.41, 5.74) is 2.00. The SMILES string of the molecule is Cc1cccc(C[C@H](C)C(=O)OC(C)(C)C)c1. The van der Waals surface area contributed by atoms with E-state index in [0.29, 0.717) is 0 Å². The number of hydrogen-bond donors (Lipinski definition) is 0. The van der Waals surface area contributed by atoms with Gasteiger partial charge in [-0.25, -0.2) is 0 Å². The molecule has 1 atom stereocenters. The van der Waals surface area contributed by atoms with Crippen LogP contribution in [-0.4, -0.2) is 11.6 Å². The van der Waals surface area contributed by atoms with Crippen LogP contribution >= 0.6 is 0 Å². The van der Waals surface area contributed by atoms with E-state index in [-0.39, 0.29) is 11.9 Å². The van der Waals surface area contributed by atoms with E-state index in [1.54, 1.807) is 0 Å². The highest BCUT2D eigenvalue weighted by molar-refractivity contribution is 5.72. The van der Waals surface area contributed by atoms with Crippen LogP contribution in [0.4, 0.5) is 0 Å². The fraction of sp³-hybridized carbons (Fsp3) is 0.533. The molecule has 0 spiro atoms. The zero-order valence-electron chi connectivity index (χ0n) is 11.4. The lowest BCUT2D eigenvalue weighted by Gasteiger charge is -2.22. The van der Waals surface area contributed by atoms with Gasteiger partial charge in [0.25, 0.3) is 0 Å². The molecular weight excluding hydrogens is 212 g/mol. The predicted molar refractivity (Wildman–Crippen MR) is 69.9 cm³/mol. The Morgan fingerprint density at radius 3 is 2.53 bits per heavy atom. The summed E-state index contributed by atoms with van der Waals surface area (Å²) in [6.07, 6.45) is 0.733. The lowest BCUT2D eigenvalue weighted by molar-refractivity contribution is -0.159. The largest absolute Gasteiger partial charge is 0.460 e. The smallest absolute Gasteiger partial charge is 0.309 e. The van der Waals surface area contributed by atoms with Gasteiger partial charge >= 0.3 is 5.97 Å². The number of rotatable bonds is 3. The van der Waals surface area contributed by atoms with Crippen molar-refractivity contribution in [3.05, 3.63) is 35.4 Å². The normalized spacial score (nSPS) is 13.2. The molecule has 94 valence electrons. The van der Waals surface area contributed by atoms with E-state index in [1.165, 1.54) is 11.1 Å². The molecule has 0 aromatic heterocycles. The van der Waals surface area contributed by atoms with E-state index in [2.05, 4.69) is 19.1 Å². The van der Waals surface area contributed by atoms with Crippen LogP contribution in [0.2, 0.25) is 0 Å². The number of ether oxygens (including phenoxy) is 1. The number of hydrogen-bond acceptors (Lipinski definition) is 2. The van der Waals surface area contributed by atoms with E-state index < -0.39 is 5.60 Å². The summed E-state index contributed by atoms with van der Waals surface area (Å²) in [5, 5.41) is 0. The molecule has 0 heterocycles. The molecule has 2 heteroatoms. The van der Waals surface area contributed by atoms with Crippen LogP contribution in [0.5, 0.6) is 0 Å². The molecule has 0 radical (unpaired) electrons. The lowest BCUT2D eigenvalue weighted by atomic mass is 9.99. The van der Waals surface area contributed by atoms with Crippen LogP contribution in [0.3, 0.4) is 0 Å². The summed E-state index contributed by atoms with van der Waals surface area (Å²) in [5.74, 6) is -0.227. The molecule has 0 aliphatic carbocycles. The first-order chi connectivity index (χ1) is 7.78. The van der Waals surface area contributed by atoms with Gasteiger partial charge in [-0.1, -0.05) is 36.8 Å². The van der Waals surface area contributed by atoms with Crippen molar-refractivity contribution in [1.82, 2.24) is 0 Å². The highest BCUT2D eigenvalue weighted by Gasteiger charge is 2.21. The summed E-state index contributed by atoms with van der Waals surface area (Å²) in [4.78, 5) is 11.8. The first-order valence-corrected chi connectivity index (χ1v) is 6.06. The molecule has 0 unspecified atom stereocenters. The maximum atomic E-state index is 11.8. The minimum Gasteiger partial charge on any atom is -0.460 e. The molecule has 1 aromatic carbocycles. The van der Waals surface area contributed by atoms with Gasteiger partial charge in [0.1, 0.15) is 5.60 Å². The van der Waals surface area contributed by atoms with Crippen LogP contribution in [0.25, 0.3) is 0 Å². The van der Waals surface area contributed by atoms with Crippen LogP contribution in [0.15, 0.2) is 24.3 Å². The highest BCUT2D eigenvalue weighted by Crippen LogP contribution is 2.15. The molecule has 17 heavy (non-hydrogen) atoms. The molecule has 0 bridgehead atoms. The van der Waals surface area contributed by atoms with Gasteiger partial charge in [-0.15, -0.1) is 0 Å². The Morgan fingerprint density at radius 2 is 2.00 bits per heavy atom. The Balaban J connectivity index is 2.60. The third kappa shape index (κ3) is 5.03. The monoisotopic (exact) mass is 234 g/mol. The van der Waals surface area contributed by atoms with Gasteiger partial charge in [-0.2, -0.15) is 0 Å². The molecule has 2 nitrogen and oxygen atoms in total. The number of benzene rings is 1. The molecule has 1 rings (SSSR count). The van der Waals surface area contributed by atoms with E-state index in [0.717, 1.165) is 6.42 Å². The van der Waals surface area contributed by atoms with Crippen molar-refractivity contribution >= 4 is 5.97 Å². The Morgan fingerprint density at radius 1 is 1.35 bits per heavy atom. The maximum Gasteiger partial charge on any atom is 0.309 e. The van der Waals surface area contributed by atoms with Crippen molar-refractivity contribution < 1.29 is 9.53 Å². The zero-order valence-corrected chi connectivity index (χ0v) is 11.4. The molecule has 0 N–H and O–H groups in total. The van der Waals surface area contributed by atoms with Crippen molar-refractivity contribution in [2.24, 2.45) is 5.92 Å². The molecule has 0 amide bonds. The first kappa shape index (κ1) is 13.8. The molecule has 0 aliphatic rings. The fourth-order valence-corrected chi connectivity index (χ4v) is 1.68. The van der Waals surface area contributed by atoms with Crippen LogP contribution in [0.1, 0.15) is 38.8 Å².